The van der Waals surface area contributed by atoms with Gasteiger partial charge >= 0.3 is 23.9 Å². The van der Waals surface area contributed by atoms with Gasteiger partial charge in [-0.1, -0.05) is 52.5 Å². The summed E-state index contributed by atoms with van der Waals surface area (Å²) >= 11 is 0. The Morgan fingerprint density at radius 2 is 1.38 bits per heavy atom. The molecule has 0 aliphatic heterocycles. The van der Waals surface area contributed by atoms with E-state index in [1.807, 2.05) is 20.8 Å². The van der Waals surface area contributed by atoms with Crippen LogP contribution in [0.5, 0.6) is 11.5 Å². The SMILES string of the molecule is CCCCCC(=O)Oc1ccc(C[C@](N)(CCOC(=O)C(C)(C)CC)C(=O)OC)cc1OC(=O)CCCCC. The molecule has 0 saturated heterocycles. The number of esters is 4. The molecule has 0 bridgehead atoms. The van der Waals surface area contributed by atoms with Gasteiger partial charge < -0.3 is 24.7 Å². The van der Waals surface area contributed by atoms with Crippen molar-refractivity contribution >= 4 is 23.9 Å². The van der Waals surface area contributed by atoms with Crippen LogP contribution in [0.1, 0.15) is 104 Å². The number of carbonyl (C=O) groups is 4. The molecule has 0 saturated carbocycles. The zero-order valence-electron chi connectivity index (χ0n) is 24.6. The normalized spacial score (nSPS) is 12.8. The standard InChI is InChI=1S/C30H47NO8/c1-7-10-12-14-25(32)38-23-17-16-22(20-24(23)39-26(33)15-13-11-8-2)21-30(31,28(35)36-6)18-19-37-27(34)29(4,5)9-3/h16-17,20H,7-15,18-19,21,31H2,1-6H3/t30-/m1/s1. The average molecular weight is 550 g/mol. The Labute approximate surface area is 233 Å². The highest BCUT2D eigenvalue weighted by Crippen LogP contribution is 2.32. The molecule has 2 N–H and O–H groups in total. The van der Waals surface area contributed by atoms with Crippen molar-refractivity contribution in [2.45, 2.75) is 111 Å². The van der Waals surface area contributed by atoms with E-state index in [4.69, 9.17) is 24.7 Å². The number of nitrogens with two attached hydrogens (primary N) is 1. The van der Waals surface area contributed by atoms with Crippen LogP contribution < -0.4 is 15.2 Å². The summed E-state index contributed by atoms with van der Waals surface area (Å²) in [5, 5.41) is 0. The topological polar surface area (TPSA) is 131 Å². The summed E-state index contributed by atoms with van der Waals surface area (Å²) in [5.74, 6) is -1.69. The first kappa shape index (κ1) is 34.1. The Bertz CT molecular complexity index is 958. The van der Waals surface area contributed by atoms with E-state index in [0.29, 0.717) is 24.8 Å². The van der Waals surface area contributed by atoms with Crippen LogP contribution in [-0.2, 0) is 35.1 Å². The molecule has 1 atom stereocenters. The predicted molar refractivity (Wildman–Crippen MR) is 148 cm³/mol. The number of ether oxygens (including phenoxy) is 4. The maximum absolute atomic E-state index is 12.7. The van der Waals surface area contributed by atoms with Crippen molar-refractivity contribution < 1.29 is 38.1 Å². The lowest BCUT2D eigenvalue weighted by molar-refractivity contribution is -0.157. The van der Waals surface area contributed by atoms with Gasteiger partial charge in [-0.3, -0.25) is 19.2 Å². The molecule has 0 aliphatic carbocycles. The summed E-state index contributed by atoms with van der Waals surface area (Å²) in [6, 6.07) is 4.73. The van der Waals surface area contributed by atoms with Crippen LogP contribution in [0.4, 0.5) is 0 Å². The molecule has 1 rings (SSSR count). The zero-order chi connectivity index (χ0) is 29.5. The van der Waals surface area contributed by atoms with E-state index in [9.17, 15) is 19.2 Å². The second kappa shape index (κ2) is 16.9. The van der Waals surface area contributed by atoms with Crippen LogP contribution in [-0.4, -0.2) is 43.1 Å². The second-order valence-corrected chi connectivity index (χ2v) is 10.6. The fourth-order valence-electron chi connectivity index (χ4n) is 3.71. The molecular weight excluding hydrogens is 502 g/mol. The van der Waals surface area contributed by atoms with Gasteiger partial charge in [-0.25, -0.2) is 0 Å². The average Bonchev–Trinajstić information content (AvgIpc) is 2.89. The third kappa shape index (κ3) is 11.8. The van der Waals surface area contributed by atoms with Crippen LogP contribution in [0, 0.1) is 5.41 Å². The van der Waals surface area contributed by atoms with E-state index < -0.39 is 28.9 Å². The van der Waals surface area contributed by atoms with Crippen LogP contribution >= 0.6 is 0 Å². The number of carbonyl (C=O) groups excluding carboxylic acids is 4. The summed E-state index contributed by atoms with van der Waals surface area (Å²) in [4.78, 5) is 49.9. The first-order valence-corrected chi connectivity index (χ1v) is 14.0. The largest absolute Gasteiger partial charge is 0.468 e. The van der Waals surface area contributed by atoms with Gasteiger partial charge in [-0.2, -0.15) is 0 Å². The van der Waals surface area contributed by atoms with Gasteiger partial charge in [-0.05, 0) is 50.8 Å². The summed E-state index contributed by atoms with van der Waals surface area (Å²) in [6.45, 7) is 9.48. The van der Waals surface area contributed by atoms with Crippen LogP contribution in [0.15, 0.2) is 18.2 Å². The third-order valence-corrected chi connectivity index (χ3v) is 6.75. The van der Waals surface area contributed by atoms with E-state index in [2.05, 4.69) is 0 Å². The van der Waals surface area contributed by atoms with Gasteiger partial charge in [0, 0.05) is 25.7 Å². The van der Waals surface area contributed by atoms with Crippen LogP contribution in [0.2, 0.25) is 0 Å². The molecule has 9 nitrogen and oxygen atoms in total. The molecular formula is C30H47NO8. The highest BCUT2D eigenvalue weighted by Gasteiger charge is 2.37. The van der Waals surface area contributed by atoms with Gasteiger partial charge in [-0.15, -0.1) is 0 Å². The van der Waals surface area contributed by atoms with E-state index in [1.165, 1.54) is 13.2 Å². The lowest BCUT2D eigenvalue weighted by atomic mass is 9.88. The number of hydrogen-bond acceptors (Lipinski definition) is 9. The minimum Gasteiger partial charge on any atom is -0.468 e. The Balaban J connectivity index is 3.14. The quantitative estimate of drug-likeness (QED) is 0.144. The van der Waals surface area contributed by atoms with E-state index in [0.717, 1.165) is 25.7 Å². The Kier molecular flexibility index (Phi) is 14.8. The lowest BCUT2D eigenvalue weighted by Crippen LogP contribution is -2.51. The molecule has 39 heavy (non-hydrogen) atoms. The molecule has 0 aromatic heterocycles. The zero-order valence-corrected chi connectivity index (χ0v) is 24.6. The first-order chi connectivity index (χ1) is 18.4. The maximum atomic E-state index is 12.7. The highest BCUT2D eigenvalue weighted by molar-refractivity contribution is 5.81. The smallest absolute Gasteiger partial charge is 0.326 e. The van der Waals surface area contributed by atoms with Crippen molar-refractivity contribution in [3.05, 3.63) is 23.8 Å². The van der Waals surface area contributed by atoms with Crippen molar-refractivity contribution in [1.82, 2.24) is 0 Å². The van der Waals surface area contributed by atoms with Crippen LogP contribution in [0.25, 0.3) is 0 Å². The van der Waals surface area contributed by atoms with Gasteiger partial charge in [0.25, 0.3) is 0 Å². The molecule has 0 spiro atoms. The van der Waals surface area contributed by atoms with Gasteiger partial charge in [0.15, 0.2) is 11.5 Å². The van der Waals surface area contributed by atoms with Crippen molar-refractivity contribution in [3.8, 4) is 11.5 Å². The van der Waals surface area contributed by atoms with Gasteiger partial charge in [0.05, 0.1) is 19.1 Å². The molecule has 0 amide bonds. The van der Waals surface area contributed by atoms with E-state index >= 15 is 0 Å². The Morgan fingerprint density at radius 3 is 1.90 bits per heavy atom. The summed E-state index contributed by atoms with van der Waals surface area (Å²) in [7, 11) is 1.24. The second-order valence-electron chi connectivity index (χ2n) is 10.6. The van der Waals surface area contributed by atoms with Gasteiger partial charge in [0.2, 0.25) is 0 Å². The lowest BCUT2D eigenvalue weighted by Gasteiger charge is -2.28. The molecule has 1 aromatic rings. The molecule has 220 valence electrons. The number of benzene rings is 1. The summed E-state index contributed by atoms with van der Waals surface area (Å²) < 4.78 is 21.4. The summed E-state index contributed by atoms with van der Waals surface area (Å²) in [6.07, 6.45) is 6.23. The van der Waals surface area contributed by atoms with Crippen molar-refractivity contribution in [1.29, 1.82) is 0 Å². The van der Waals surface area contributed by atoms with Gasteiger partial charge in [0.1, 0.15) is 5.54 Å². The number of unbranched alkanes of at least 4 members (excludes halogenated alkanes) is 4. The number of methoxy groups -OCH3 is 1. The predicted octanol–water partition coefficient (Wildman–Crippen LogP) is 5.44. The number of hydrogen-bond donors (Lipinski definition) is 1. The molecule has 0 aliphatic rings. The third-order valence-electron chi connectivity index (χ3n) is 6.75. The minimum absolute atomic E-state index is 0.0134. The molecule has 0 unspecified atom stereocenters. The first-order valence-electron chi connectivity index (χ1n) is 14.0. The molecule has 9 heteroatoms. The maximum Gasteiger partial charge on any atom is 0.326 e. The Morgan fingerprint density at radius 1 is 0.821 bits per heavy atom. The monoisotopic (exact) mass is 549 g/mol. The van der Waals surface area contributed by atoms with Crippen molar-refractivity contribution in [2.75, 3.05) is 13.7 Å². The summed E-state index contributed by atoms with van der Waals surface area (Å²) in [5.41, 5.74) is 4.87. The minimum atomic E-state index is -1.51. The van der Waals surface area contributed by atoms with Crippen LogP contribution in [0.3, 0.4) is 0 Å². The molecule has 0 radical (unpaired) electrons. The Hall–Kier alpha value is -2.94. The molecule has 0 fully saturated rings. The fourth-order valence-corrected chi connectivity index (χ4v) is 3.71. The molecule has 0 heterocycles. The van der Waals surface area contributed by atoms with E-state index in [-0.39, 0.29) is 49.8 Å². The highest BCUT2D eigenvalue weighted by atomic mass is 16.6. The number of rotatable bonds is 18. The van der Waals surface area contributed by atoms with Crippen molar-refractivity contribution in [3.63, 3.8) is 0 Å². The van der Waals surface area contributed by atoms with Crippen molar-refractivity contribution in [2.24, 2.45) is 11.1 Å². The fraction of sp³-hybridized carbons (Fsp3) is 0.667. The van der Waals surface area contributed by atoms with E-state index in [1.54, 1.807) is 26.0 Å². The molecule has 1 aromatic carbocycles.